The standard InChI is InChI=1S/C19H19F2N3O3/c20-14-5-6-17(15(21)11-14)27-10-8-22-19(26)23-12-18(25)24-9-7-13-3-1-2-4-16(13)24/h1-6,11H,7-10,12H2,(H2,22,23,26). The Morgan fingerprint density at radius 1 is 1.11 bits per heavy atom. The SMILES string of the molecule is O=C(NCCOc1ccc(F)cc1F)NCC(=O)N1CCc2ccccc21. The summed E-state index contributed by atoms with van der Waals surface area (Å²) in [6.07, 6.45) is 0.797. The van der Waals surface area contributed by atoms with Gasteiger partial charge in [0.1, 0.15) is 12.4 Å². The summed E-state index contributed by atoms with van der Waals surface area (Å²) in [5.74, 6) is -1.79. The monoisotopic (exact) mass is 375 g/mol. The molecule has 0 radical (unpaired) electrons. The molecule has 1 aliphatic heterocycles. The van der Waals surface area contributed by atoms with E-state index in [9.17, 15) is 18.4 Å². The highest BCUT2D eigenvalue weighted by molar-refractivity contribution is 5.98. The Morgan fingerprint density at radius 3 is 2.74 bits per heavy atom. The van der Waals surface area contributed by atoms with Gasteiger partial charge in [0.15, 0.2) is 11.6 Å². The molecule has 8 heteroatoms. The van der Waals surface area contributed by atoms with Gasteiger partial charge >= 0.3 is 6.03 Å². The lowest BCUT2D eigenvalue weighted by Gasteiger charge is -2.17. The quantitative estimate of drug-likeness (QED) is 0.761. The van der Waals surface area contributed by atoms with E-state index in [1.165, 1.54) is 6.07 Å². The van der Waals surface area contributed by atoms with Gasteiger partial charge in [-0.3, -0.25) is 4.79 Å². The molecule has 0 aliphatic carbocycles. The Labute approximate surface area is 155 Å². The molecule has 6 nitrogen and oxygen atoms in total. The Hall–Kier alpha value is -3.16. The first-order valence-electron chi connectivity index (χ1n) is 8.52. The van der Waals surface area contributed by atoms with Crippen LogP contribution in [0.25, 0.3) is 0 Å². The molecule has 1 heterocycles. The Kier molecular flexibility index (Phi) is 5.85. The molecule has 0 unspecified atom stereocenters. The third kappa shape index (κ3) is 4.72. The van der Waals surface area contributed by atoms with Gasteiger partial charge in [-0.2, -0.15) is 0 Å². The minimum atomic E-state index is -0.809. The van der Waals surface area contributed by atoms with Gasteiger partial charge in [-0.15, -0.1) is 0 Å². The average Bonchev–Trinajstić information content (AvgIpc) is 3.09. The number of carbonyl (C=O) groups is 2. The number of urea groups is 1. The second kappa shape index (κ2) is 8.48. The molecule has 0 fully saturated rings. The van der Waals surface area contributed by atoms with Crippen LogP contribution in [-0.2, 0) is 11.2 Å². The Morgan fingerprint density at radius 2 is 1.93 bits per heavy atom. The van der Waals surface area contributed by atoms with Crippen LogP contribution in [0.5, 0.6) is 5.75 Å². The van der Waals surface area contributed by atoms with Crippen LogP contribution >= 0.6 is 0 Å². The molecule has 0 atom stereocenters. The van der Waals surface area contributed by atoms with Crippen molar-refractivity contribution in [3.63, 3.8) is 0 Å². The number of fused-ring (bicyclic) bond motifs is 1. The number of nitrogens with zero attached hydrogens (tertiary/aromatic N) is 1. The summed E-state index contributed by atoms with van der Waals surface area (Å²) in [7, 11) is 0. The highest BCUT2D eigenvalue weighted by Crippen LogP contribution is 2.27. The number of nitrogens with one attached hydrogen (secondary N) is 2. The van der Waals surface area contributed by atoms with E-state index in [0.29, 0.717) is 6.54 Å². The van der Waals surface area contributed by atoms with Gasteiger partial charge in [0.2, 0.25) is 5.91 Å². The van der Waals surface area contributed by atoms with Crippen molar-refractivity contribution in [2.24, 2.45) is 0 Å². The smallest absolute Gasteiger partial charge is 0.315 e. The van der Waals surface area contributed by atoms with Gasteiger partial charge in [0, 0.05) is 18.3 Å². The fourth-order valence-electron chi connectivity index (χ4n) is 2.83. The van der Waals surface area contributed by atoms with Crippen molar-refractivity contribution in [2.45, 2.75) is 6.42 Å². The van der Waals surface area contributed by atoms with Crippen LogP contribution in [0, 0.1) is 11.6 Å². The number of rotatable bonds is 6. The molecule has 0 spiro atoms. The molecule has 27 heavy (non-hydrogen) atoms. The number of ether oxygens (including phenoxy) is 1. The number of para-hydroxylation sites is 1. The largest absolute Gasteiger partial charge is 0.489 e. The summed E-state index contributed by atoms with van der Waals surface area (Å²) in [6, 6.07) is 10.1. The summed E-state index contributed by atoms with van der Waals surface area (Å²) in [5, 5.41) is 4.99. The van der Waals surface area contributed by atoms with E-state index in [0.717, 1.165) is 29.8 Å². The van der Waals surface area contributed by atoms with Crippen molar-refractivity contribution in [3.8, 4) is 5.75 Å². The second-order valence-corrected chi connectivity index (χ2v) is 5.96. The van der Waals surface area contributed by atoms with Gasteiger partial charge in [0.25, 0.3) is 0 Å². The normalized spacial score (nSPS) is 12.4. The van der Waals surface area contributed by atoms with Crippen LogP contribution in [0.1, 0.15) is 5.56 Å². The average molecular weight is 375 g/mol. The molecule has 2 N–H and O–H groups in total. The maximum Gasteiger partial charge on any atom is 0.315 e. The fraction of sp³-hybridized carbons (Fsp3) is 0.263. The van der Waals surface area contributed by atoms with Crippen LogP contribution in [0.15, 0.2) is 42.5 Å². The summed E-state index contributed by atoms with van der Waals surface area (Å²) < 4.78 is 31.3. The van der Waals surface area contributed by atoms with Crippen LogP contribution in [0.3, 0.4) is 0 Å². The van der Waals surface area contributed by atoms with Crippen molar-refractivity contribution in [1.29, 1.82) is 0 Å². The van der Waals surface area contributed by atoms with Gasteiger partial charge in [0.05, 0.1) is 13.1 Å². The third-order valence-corrected chi connectivity index (χ3v) is 4.13. The van der Waals surface area contributed by atoms with E-state index in [4.69, 9.17) is 4.74 Å². The molecular formula is C19H19F2N3O3. The first-order valence-corrected chi connectivity index (χ1v) is 8.52. The van der Waals surface area contributed by atoms with E-state index in [1.54, 1.807) is 4.90 Å². The predicted octanol–water partition coefficient (Wildman–Crippen LogP) is 2.23. The molecule has 0 saturated heterocycles. The van der Waals surface area contributed by atoms with Gasteiger partial charge in [-0.1, -0.05) is 18.2 Å². The van der Waals surface area contributed by atoms with Gasteiger partial charge in [-0.25, -0.2) is 13.6 Å². The summed E-state index contributed by atoms with van der Waals surface area (Å²) in [5.41, 5.74) is 1.99. The lowest BCUT2D eigenvalue weighted by Crippen LogP contribution is -2.44. The van der Waals surface area contributed by atoms with E-state index in [2.05, 4.69) is 10.6 Å². The molecule has 2 aromatic carbocycles. The number of anilines is 1. The van der Waals surface area contributed by atoms with E-state index in [1.807, 2.05) is 24.3 Å². The van der Waals surface area contributed by atoms with Crippen LogP contribution < -0.4 is 20.3 Å². The third-order valence-electron chi connectivity index (χ3n) is 4.13. The highest BCUT2D eigenvalue weighted by Gasteiger charge is 2.24. The first kappa shape index (κ1) is 18.6. The Bertz CT molecular complexity index is 845. The molecule has 3 rings (SSSR count). The fourth-order valence-corrected chi connectivity index (χ4v) is 2.83. The molecular weight excluding hydrogens is 356 g/mol. The van der Waals surface area contributed by atoms with E-state index < -0.39 is 17.7 Å². The Balaban J connectivity index is 1.37. The van der Waals surface area contributed by atoms with E-state index in [-0.39, 0.29) is 31.4 Å². The summed E-state index contributed by atoms with van der Waals surface area (Å²) >= 11 is 0. The molecule has 1 aliphatic rings. The molecule has 2 aromatic rings. The minimum Gasteiger partial charge on any atom is -0.489 e. The minimum absolute atomic E-state index is 0.00339. The van der Waals surface area contributed by atoms with Gasteiger partial charge in [-0.05, 0) is 30.2 Å². The zero-order chi connectivity index (χ0) is 19.2. The zero-order valence-corrected chi connectivity index (χ0v) is 14.5. The first-order chi connectivity index (χ1) is 13.0. The van der Waals surface area contributed by atoms with Crippen LogP contribution in [-0.4, -0.2) is 38.2 Å². The van der Waals surface area contributed by atoms with Crippen molar-refractivity contribution < 1.29 is 23.1 Å². The molecule has 3 amide bonds. The summed E-state index contributed by atoms with van der Waals surface area (Å²) in [6.45, 7) is 0.568. The lowest BCUT2D eigenvalue weighted by molar-refractivity contribution is -0.117. The topological polar surface area (TPSA) is 70.7 Å². The maximum absolute atomic E-state index is 13.4. The number of hydrogen-bond acceptors (Lipinski definition) is 3. The van der Waals surface area contributed by atoms with Crippen molar-refractivity contribution in [2.75, 3.05) is 31.1 Å². The second-order valence-electron chi connectivity index (χ2n) is 5.96. The van der Waals surface area contributed by atoms with Gasteiger partial charge < -0.3 is 20.3 Å². The number of halogens is 2. The molecule has 142 valence electrons. The van der Waals surface area contributed by atoms with Crippen molar-refractivity contribution in [3.05, 3.63) is 59.7 Å². The number of carbonyl (C=O) groups excluding carboxylic acids is 2. The zero-order valence-electron chi connectivity index (χ0n) is 14.5. The number of hydrogen-bond donors (Lipinski definition) is 2. The van der Waals surface area contributed by atoms with Crippen LogP contribution in [0.2, 0.25) is 0 Å². The van der Waals surface area contributed by atoms with Crippen molar-refractivity contribution >= 4 is 17.6 Å². The number of amides is 3. The molecule has 0 aromatic heterocycles. The highest BCUT2D eigenvalue weighted by atomic mass is 19.1. The summed E-state index contributed by atoms with van der Waals surface area (Å²) in [4.78, 5) is 25.7. The van der Waals surface area contributed by atoms with Crippen molar-refractivity contribution in [1.82, 2.24) is 10.6 Å². The predicted molar refractivity (Wildman–Crippen MR) is 95.8 cm³/mol. The maximum atomic E-state index is 13.4. The number of benzene rings is 2. The van der Waals surface area contributed by atoms with Crippen LogP contribution in [0.4, 0.5) is 19.3 Å². The van der Waals surface area contributed by atoms with E-state index >= 15 is 0 Å². The molecule has 0 saturated carbocycles. The molecule has 0 bridgehead atoms. The lowest BCUT2D eigenvalue weighted by atomic mass is 10.2.